The van der Waals surface area contributed by atoms with Gasteiger partial charge in [0.15, 0.2) is 0 Å². The average Bonchev–Trinajstić information content (AvgIpc) is 1.85. The van der Waals surface area contributed by atoms with Gasteiger partial charge in [0.25, 0.3) is 0 Å². The third kappa shape index (κ3) is 4.36. The number of rotatable bonds is 6. The second-order valence-electron chi connectivity index (χ2n) is 2.66. The standard InChI is InChI=1S/C9H17O3/c1-6-10-9(5,11-7-2)12-8(3)4/h6,8H,1-2,7H2,3-5H3. The van der Waals surface area contributed by atoms with Crippen molar-refractivity contribution in [3.8, 4) is 0 Å². The molecule has 3 heteroatoms. The van der Waals surface area contributed by atoms with Gasteiger partial charge < -0.3 is 14.2 Å². The van der Waals surface area contributed by atoms with Gasteiger partial charge in [-0.05, 0) is 20.8 Å². The summed E-state index contributed by atoms with van der Waals surface area (Å²) in [6.07, 6.45) is 1.32. The fourth-order valence-electron chi connectivity index (χ4n) is 0.861. The number of hydrogen-bond acceptors (Lipinski definition) is 3. The van der Waals surface area contributed by atoms with E-state index in [-0.39, 0.29) is 12.7 Å². The number of ether oxygens (including phenoxy) is 3. The van der Waals surface area contributed by atoms with Crippen molar-refractivity contribution >= 4 is 0 Å². The molecule has 0 rings (SSSR count). The third-order valence-corrected chi connectivity index (χ3v) is 1.11. The molecule has 12 heavy (non-hydrogen) atoms. The molecule has 0 aromatic carbocycles. The van der Waals surface area contributed by atoms with Gasteiger partial charge in [0.1, 0.15) is 0 Å². The molecule has 0 aliphatic rings. The van der Waals surface area contributed by atoms with Crippen molar-refractivity contribution in [2.75, 3.05) is 6.61 Å². The van der Waals surface area contributed by atoms with Gasteiger partial charge in [-0.25, -0.2) is 0 Å². The van der Waals surface area contributed by atoms with Crippen LogP contribution in [0.1, 0.15) is 20.8 Å². The summed E-state index contributed by atoms with van der Waals surface area (Å²) in [5.74, 6) is -1.06. The highest BCUT2D eigenvalue weighted by molar-refractivity contribution is 4.58. The van der Waals surface area contributed by atoms with Crippen molar-refractivity contribution in [3.05, 3.63) is 19.8 Å². The van der Waals surface area contributed by atoms with Gasteiger partial charge in [-0.15, -0.1) is 0 Å². The van der Waals surface area contributed by atoms with E-state index in [0.717, 1.165) is 0 Å². The van der Waals surface area contributed by atoms with Gasteiger partial charge in [0.05, 0.1) is 19.0 Å². The third-order valence-electron chi connectivity index (χ3n) is 1.11. The molecule has 0 bridgehead atoms. The van der Waals surface area contributed by atoms with Gasteiger partial charge in [0, 0.05) is 6.92 Å². The molecule has 3 nitrogen and oxygen atoms in total. The molecule has 71 valence electrons. The Kier molecular flexibility index (Phi) is 4.93. The van der Waals surface area contributed by atoms with E-state index < -0.39 is 5.97 Å². The Hall–Kier alpha value is -0.540. The van der Waals surface area contributed by atoms with Gasteiger partial charge in [-0.3, -0.25) is 0 Å². The topological polar surface area (TPSA) is 27.7 Å². The maximum Gasteiger partial charge on any atom is 0.323 e. The smallest absolute Gasteiger partial charge is 0.323 e. The van der Waals surface area contributed by atoms with Crippen LogP contribution in [0.25, 0.3) is 0 Å². The van der Waals surface area contributed by atoms with Gasteiger partial charge in [0.2, 0.25) is 0 Å². The fraction of sp³-hybridized carbons (Fsp3) is 0.667. The van der Waals surface area contributed by atoms with Crippen LogP contribution in [0, 0.1) is 6.92 Å². The molecule has 1 atom stereocenters. The van der Waals surface area contributed by atoms with Crippen LogP contribution in [-0.2, 0) is 14.2 Å². The molecule has 0 saturated carbocycles. The van der Waals surface area contributed by atoms with E-state index in [0.29, 0.717) is 0 Å². The molecule has 0 N–H and O–H groups in total. The molecule has 0 heterocycles. The summed E-state index contributed by atoms with van der Waals surface area (Å²) in [4.78, 5) is 0. The van der Waals surface area contributed by atoms with Crippen molar-refractivity contribution in [1.82, 2.24) is 0 Å². The summed E-state index contributed by atoms with van der Waals surface area (Å²) in [7, 11) is 0. The Morgan fingerprint density at radius 1 is 1.50 bits per heavy atom. The van der Waals surface area contributed by atoms with E-state index in [1.807, 2.05) is 13.8 Å². The van der Waals surface area contributed by atoms with Crippen LogP contribution in [0.2, 0.25) is 0 Å². The van der Waals surface area contributed by atoms with E-state index in [4.69, 9.17) is 14.2 Å². The van der Waals surface area contributed by atoms with Crippen molar-refractivity contribution in [1.29, 1.82) is 0 Å². The molecule has 0 saturated heterocycles. The summed E-state index contributed by atoms with van der Waals surface area (Å²) < 4.78 is 15.6. The van der Waals surface area contributed by atoms with E-state index in [1.165, 1.54) is 6.26 Å². The van der Waals surface area contributed by atoms with E-state index >= 15 is 0 Å². The minimum atomic E-state index is -1.06. The Balaban J connectivity index is 4.06. The Morgan fingerprint density at radius 3 is 2.42 bits per heavy atom. The van der Waals surface area contributed by atoms with E-state index in [9.17, 15) is 0 Å². The highest BCUT2D eigenvalue weighted by Crippen LogP contribution is 2.16. The molecular weight excluding hydrogens is 156 g/mol. The Bertz CT molecular complexity index is 134. The quantitative estimate of drug-likeness (QED) is 0.454. The summed E-state index contributed by atoms with van der Waals surface area (Å²) in [5, 5.41) is 0. The van der Waals surface area contributed by atoms with Crippen molar-refractivity contribution < 1.29 is 14.2 Å². The molecule has 0 spiro atoms. The van der Waals surface area contributed by atoms with Crippen molar-refractivity contribution in [3.63, 3.8) is 0 Å². The minimum absolute atomic E-state index is 0.0292. The zero-order chi connectivity index (χ0) is 9.61. The van der Waals surface area contributed by atoms with Crippen LogP contribution in [0.15, 0.2) is 12.8 Å². The maximum absolute atomic E-state index is 5.36. The highest BCUT2D eigenvalue weighted by Gasteiger charge is 2.27. The van der Waals surface area contributed by atoms with Gasteiger partial charge >= 0.3 is 5.97 Å². The molecule has 0 aliphatic carbocycles. The molecule has 0 amide bonds. The monoisotopic (exact) mass is 173 g/mol. The second-order valence-corrected chi connectivity index (χ2v) is 2.66. The Labute approximate surface area is 74.3 Å². The van der Waals surface area contributed by atoms with Crippen LogP contribution >= 0.6 is 0 Å². The van der Waals surface area contributed by atoms with Crippen molar-refractivity contribution in [2.24, 2.45) is 0 Å². The van der Waals surface area contributed by atoms with Crippen LogP contribution in [0.4, 0.5) is 0 Å². The first-order valence-electron chi connectivity index (χ1n) is 3.94. The molecule has 0 fully saturated rings. The molecule has 1 radical (unpaired) electrons. The zero-order valence-electron chi connectivity index (χ0n) is 8.00. The first-order chi connectivity index (χ1) is 5.54. The maximum atomic E-state index is 5.36. The second kappa shape index (κ2) is 5.17. The van der Waals surface area contributed by atoms with Crippen LogP contribution < -0.4 is 0 Å². The summed E-state index contributed by atoms with van der Waals surface area (Å²) >= 11 is 0. The largest absolute Gasteiger partial charge is 0.448 e. The predicted molar refractivity (Wildman–Crippen MR) is 47.2 cm³/mol. The lowest BCUT2D eigenvalue weighted by Gasteiger charge is -2.29. The summed E-state index contributed by atoms with van der Waals surface area (Å²) in [6.45, 7) is 12.7. The summed E-state index contributed by atoms with van der Waals surface area (Å²) in [6, 6.07) is 0. The molecule has 0 aromatic heterocycles. The van der Waals surface area contributed by atoms with Gasteiger partial charge in [-0.1, -0.05) is 6.58 Å². The summed E-state index contributed by atoms with van der Waals surface area (Å²) in [5.41, 5.74) is 0. The molecular formula is C9H17O3. The lowest BCUT2D eigenvalue weighted by atomic mass is 10.4. The van der Waals surface area contributed by atoms with E-state index in [1.54, 1.807) is 6.92 Å². The number of hydrogen-bond donors (Lipinski definition) is 0. The fourth-order valence-corrected chi connectivity index (χ4v) is 0.861. The minimum Gasteiger partial charge on any atom is -0.448 e. The Morgan fingerprint density at radius 2 is 2.08 bits per heavy atom. The van der Waals surface area contributed by atoms with Gasteiger partial charge in [-0.2, -0.15) is 0 Å². The van der Waals surface area contributed by atoms with Crippen LogP contribution in [0.5, 0.6) is 0 Å². The van der Waals surface area contributed by atoms with Crippen LogP contribution in [0.3, 0.4) is 0 Å². The zero-order valence-corrected chi connectivity index (χ0v) is 8.00. The normalized spacial score (nSPS) is 15.8. The predicted octanol–water partition coefficient (Wildman–Crippen LogP) is 2.10. The SMILES string of the molecule is [CH2]COC(C)(OC=C)OC(C)C. The lowest BCUT2D eigenvalue weighted by Crippen LogP contribution is -2.36. The first kappa shape index (κ1) is 11.5. The molecule has 0 aromatic rings. The lowest BCUT2D eigenvalue weighted by molar-refractivity contribution is -0.357. The molecule has 1 unspecified atom stereocenters. The first-order valence-corrected chi connectivity index (χ1v) is 3.94. The van der Waals surface area contributed by atoms with E-state index in [2.05, 4.69) is 13.5 Å². The highest BCUT2D eigenvalue weighted by atomic mass is 16.9. The van der Waals surface area contributed by atoms with Crippen LogP contribution in [-0.4, -0.2) is 18.7 Å². The van der Waals surface area contributed by atoms with Crippen molar-refractivity contribution in [2.45, 2.75) is 32.8 Å². The molecule has 0 aliphatic heterocycles. The average molecular weight is 173 g/mol.